The number of hydrogen-bond donors (Lipinski definition) is 1. The van der Waals surface area contributed by atoms with Gasteiger partial charge in [0.25, 0.3) is 11.1 Å². The van der Waals surface area contributed by atoms with Crippen molar-refractivity contribution >= 4 is 28.6 Å². The van der Waals surface area contributed by atoms with E-state index in [4.69, 9.17) is 4.74 Å². The molecule has 1 amide bonds. The van der Waals surface area contributed by atoms with Gasteiger partial charge < -0.3 is 10.1 Å². The molecule has 0 aliphatic carbocycles. The molecule has 0 radical (unpaired) electrons. The summed E-state index contributed by atoms with van der Waals surface area (Å²) < 4.78 is 43.9. The SMILES string of the molecule is Cc1cnc(-c2cc(Oc3nnc(C)s3)cc(C(=O)N[C@H](C)c3cnc(C(F)(F)F)nc3)c2)s1. The third kappa shape index (κ3) is 5.54. The topological polar surface area (TPSA) is 103 Å². The Morgan fingerprint density at radius 1 is 1.03 bits per heavy atom. The van der Waals surface area contributed by atoms with Gasteiger partial charge in [-0.15, -0.1) is 16.4 Å². The van der Waals surface area contributed by atoms with Gasteiger partial charge in [0.1, 0.15) is 15.8 Å². The summed E-state index contributed by atoms with van der Waals surface area (Å²) in [6, 6.07) is 4.32. The van der Waals surface area contributed by atoms with Crippen LogP contribution in [0.3, 0.4) is 0 Å². The van der Waals surface area contributed by atoms with Crippen LogP contribution in [0.15, 0.2) is 36.8 Å². The number of aromatic nitrogens is 5. The highest BCUT2D eigenvalue weighted by Gasteiger charge is 2.34. The zero-order chi connectivity index (χ0) is 24.5. The van der Waals surface area contributed by atoms with E-state index in [9.17, 15) is 18.0 Å². The summed E-state index contributed by atoms with van der Waals surface area (Å²) in [5, 5.41) is 12.4. The van der Waals surface area contributed by atoms with Crippen molar-refractivity contribution in [3.05, 3.63) is 63.6 Å². The standard InChI is InChI=1S/C21H17F3N6O2S2/c1-10-7-25-18(33-10)14-4-13(5-16(6-14)32-20-30-29-12(3)34-20)17(31)28-11(2)15-8-26-19(27-9-15)21(22,23)24/h4-9,11H,1-3H3,(H,28,31)/t11-/m1/s1. The number of alkyl halides is 3. The lowest BCUT2D eigenvalue weighted by Gasteiger charge is -2.15. The van der Waals surface area contributed by atoms with E-state index in [-0.39, 0.29) is 5.56 Å². The molecule has 13 heteroatoms. The number of nitrogens with zero attached hydrogens (tertiary/aromatic N) is 5. The molecule has 34 heavy (non-hydrogen) atoms. The Hall–Kier alpha value is -3.45. The van der Waals surface area contributed by atoms with E-state index in [1.807, 2.05) is 6.92 Å². The minimum Gasteiger partial charge on any atom is -0.430 e. The van der Waals surface area contributed by atoms with Crippen molar-refractivity contribution in [2.75, 3.05) is 0 Å². The van der Waals surface area contributed by atoms with Gasteiger partial charge in [-0.05, 0) is 39.0 Å². The number of benzene rings is 1. The Morgan fingerprint density at radius 3 is 2.35 bits per heavy atom. The molecule has 3 aromatic heterocycles. The highest BCUT2D eigenvalue weighted by Crippen LogP contribution is 2.33. The first-order valence-electron chi connectivity index (χ1n) is 9.84. The van der Waals surface area contributed by atoms with E-state index in [2.05, 4.69) is 30.5 Å². The van der Waals surface area contributed by atoms with Crippen LogP contribution in [0.4, 0.5) is 13.2 Å². The Balaban J connectivity index is 1.59. The van der Waals surface area contributed by atoms with Gasteiger partial charge in [-0.25, -0.2) is 15.0 Å². The van der Waals surface area contributed by atoms with Crippen molar-refractivity contribution in [2.24, 2.45) is 0 Å². The molecule has 4 rings (SSSR count). The number of halogens is 3. The summed E-state index contributed by atoms with van der Waals surface area (Å²) >= 11 is 2.72. The van der Waals surface area contributed by atoms with Gasteiger partial charge in [0, 0.05) is 40.2 Å². The predicted octanol–water partition coefficient (Wildman–Crippen LogP) is 5.37. The Morgan fingerprint density at radius 2 is 1.76 bits per heavy atom. The average Bonchev–Trinajstić information content (AvgIpc) is 3.40. The molecule has 1 atom stereocenters. The lowest BCUT2D eigenvalue weighted by atomic mass is 10.1. The van der Waals surface area contributed by atoms with Crippen LogP contribution in [0, 0.1) is 13.8 Å². The number of nitrogens with one attached hydrogen (secondary N) is 1. The van der Waals surface area contributed by atoms with Crippen LogP contribution in [0.25, 0.3) is 10.6 Å². The molecule has 4 aromatic rings. The van der Waals surface area contributed by atoms with E-state index < -0.39 is 23.9 Å². The zero-order valence-electron chi connectivity index (χ0n) is 18.0. The van der Waals surface area contributed by atoms with Crippen molar-refractivity contribution in [3.8, 4) is 21.5 Å². The van der Waals surface area contributed by atoms with Crippen LogP contribution in [0.1, 0.15) is 44.6 Å². The number of aryl methyl sites for hydroxylation is 2. The van der Waals surface area contributed by atoms with E-state index in [0.717, 1.165) is 22.3 Å². The first-order valence-corrected chi connectivity index (χ1v) is 11.5. The van der Waals surface area contributed by atoms with Crippen molar-refractivity contribution < 1.29 is 22.7 Å². The maximum atomic E-state index is 13.0. The fraction of sp³-hybridized carbons (Fsp3) is 0.238. The van der Waals surface area contributed by atoms with Gasteiger partial charge in [-0.2, -0.15) is 13.2 Å². The molecule has 0 fully saturated rings. The molecule has 1 N–H and O–H groups in total. The molecule has 176 valence electrons. The highest BCUT2D eigenvalue weighted by atomic mass is 32.1. The van der Waals surface area contributed by atoms with Crippen LogP contribution in [-0.4, -0.2) is 31.1 Å². The number of ether oxygens (including phenoxy) is 1. The van der Waals surface area contributed by atoms with Crippen molar-refractivity contribution in [1.82, 2.24) is 30.5 Å². The van der Waals surface area contributed by atoms with Crippen LogP contribution in [-0.2, 0) is 6.18 Å². The predicted molar refractivity (Wildman–Crippen MR) is 120 cm³/mol. The fourth-order valence-corrected chi connectivity index (χ4v) is 4.20. The number of thiazole rings is 1. The normalized spacial score (nSPS) is 12.4. The smallest absolute Gasteiger partial charge is 0.430 e. The molecule has 8 nitrogen and oxygen atoms in total. The first kappa shape index (κ1) is 23.7. The Labute approximate surface area is 199 Å². The zero-order valence-corrected chi connectivity index (χ0v) is 19.7. The summed E-state index contributed by atoms with van der Waals surface area (Å²) in [5.41, 5.74) is 1.28. The summed E-state index contributed by atoms with van der Waals surface area (Å²) in [5.74, 6) is -1.33. The summed E-state index contributed by atoms with van der Waals surface area (Å²) in [7, 11) is 0. The van der Waals surface area contributed by atoms with Crippen molar-refractivity contribution in [3.63, 3.8) is 0 Å². The minimum absolute atomic E-state index is 0.279. The molecule has 0 unspecified atom stereocenters. The molecule has 0 aliphatic heterocycles. The third-order valence-electron chi connectivity index (χ3n) is 4.52. The fourth-order valence-electron chi connectivity index (χ4n) is 2.89. The van der Waals surface area contributed by atoms with E-state index in [1.165, 1.54) is 22.7 Å². The average molecular weight is 507 g/mol. The first-order chi connectivity index (χ1) is 16.1. The van der Waals surface area contributed by atoms with Gasteiger partial charge in [0.15, 0.2) is 0 Å². The van der Waals surface area contributed by atoms with Crippen molar-refractivity contribution in [1.29, 1.82) is 0 Å². The minimum atomic E-state index is -4.64. The highest BCUT2D eigenvalue weighted by molar-refractivity contribution is 7.15. The van der Waals surface area contributed by atoms with Crippen LogP contribution in [0.5, 0.6) is 10.9 Å². The number of amides is 1. The number of carbonyl (C=O) groups is 1. The van der Waals surface area contributed by atoms with Crippen molar-refractivity contribution in [2.45, 2.75) is 33.0 Å². The number of carbonyl (C=O) groups excluding carboxylic acids is 1. The summed E-state index contributed by atoms with van der Waals surface area (Å²) in [6.45, 7) is 5.34. The molecule has 0 aliphatic rings. The summed E-state index contributed by atoms with van der Waals surface area (Å²) in [6.07, 6.45) is -0.820. The van der Waals surface area contributed by atoms with Crippen LogP contribution < -0.4 is 10.1 Å². The maximum Gasteiger partial charge on any atom is 0.451 e. The van der Waals surface area contributed by atoms with Gasteiger partial charge in [-0.1, -0.05) is 16.4 Å². The molecule has 0 spiro atoms. The molecule has 0 saturated heterocycles. The van der Waals surface area contributed by atoms with E-state index >= 15 is 0 Å². The second-order valence-electron chi connectivity index (χ2n) is 7.24. The second-order valence-corrected chi connectivity index (χ2v) is 9.62. The molecule has 0 bridgehead atoms. The molecular formula is C21H17F3N6O2S2. The third-order valence-corrected chi connectivity index (χ3v) is 6.20. The van der Waals surface area contributed by atoms with Crippen LogP contribution >= 0.6 is 22.7 Å². The quantitative estimate of drug-likeness (QED) is 0.375. The second kappa shape index (κ2) is 9.43. The number of hydrogen-bond acceptors (Lipinski definition) is 9. The summed E-state index contributed by atoms with van der Waals surface area (Å²) in [4.78, 5) is 25.1. The monoisotopic (exact) mass is 506 g/mol. The van der Waals surface area contributed by atoms with Crippen LogP contribution in [0.2, 0.25) is 0 Å². The van der Waals surface area contributed by atoms with E-state index in [1.54, 1.807) is 38.2 Å². The molecular weight excluding hydrogens is 489 g/mol. The van der Waals surface area contributed by atoms with Gasteiger partial charge in [-0.3, -0.25) is 4.79 Å². The number of rotatable bonds is 6. The largest absolute Gasteiger partial charge is 0.451 e. The van der Waals surface area contributed by atoms with Gasteiger partial charge >= 0.3 is 6.18 Å². The van der Waals surface area contributed by atoms with E-state index in [0.29, 0.717) is 27.1 Å². The maximum absolute atomic E-state index is 13.0. The van der Waals surface area contributed by atoms with Gasteiger partial charge in [0.05, 0.1) is 6.04 Å². The lowest BCUT2D eigenvalue weighted by molar-refractivity contribution is -0.145. The molecule has 0 saturated carbocycles. The molecule has 3 heterocycles. The Bertz CT molecular complexity index is 1320. The van der Waals surface area contributed by atoms with Gasteiger partial charge in [0.2, 0.25) is 5.82 Å². The lowest BCUT2D eigenvalue weighted by Crippen LogP contribution is -2.27. The Kier molecular flexibility index (Phi) is 6.57. The molecule has 1 aromatic carbocycles.